The molecule has 3 aromatic rings. The Bertz CT molecular complexity index is 877. The summed E-state index contributed by atoms with van der Waals surface area (Å²) in [6.07, 6.45) is 3.48. The molecular weight excluding hydrogens is 328 g/mol. The van der Waals surface area contributed by atoms with Crippen molar-refractivity contribution in [2.75, 3.05) is 5.32 Å². The first-order chi connectivity index (χ1) is 10.1. The van der Waals surface area contributed by atoms with Gasteiger partial charge in [0, 0.05) is 23.6 Å². The fourth-order valence-electron chi connectivity index (χ4n) is 2.72. The molecule has 10 N–H and O–H groups in total. The van der Waals surface area contributed by atoms with Gasteiger partial charge < -0.3 is 32.2 Å². The molecule has 1 aromatic carbocycles. The van der Waals surface area contributed by atoms with E-state index in [1.807, 2.05) is 38.1 Å². The number of rotatable bonds is 1. The number of carbonyl (C=O) groups is 1. The van der Waals surface area contributed by atoms with Crippen LogP contribution < -0.4 is 5.32 Å². The second kappa shape index (κ2) is 7.36. The third kappa shape index (κ3) is 3.21. The van der Waals surface area contributed by atoms with Gasteiger partial charge >= 0.3 is 0 Å². The number of pyridine rings is 1. The minimum atomic E-state index is -0.515. The molecule has 25 heavy (non-hydrogen) atoms. The van der Waals surface area contributed by atoms with Gasteiger partial charge in [-0.1, -0.05) is 0 Å². The van der Waals surface area contributed by atoms with Crippen LogP contribution in [-0.2, 0) is 10.2 Å². The topological polar surface area (TPSA) is 197 Å². The Morgan fingerprint density at radius 2 is 1.64 bits per heavy atom. The van der Waals surface area contributed by atoms with Gasteiger partial charge in [-0.05, 0) is 43.7 Å². The highest BCUT2D eigenvalue weighted by Gasteiger charge is 2.38. The third-order valence-electron chi connectivity index (χ3n) is 4.06. The molecule has 4 rings (SSSR count). The van der Waals surface area contributed by atoms with E-state index in [0.717, 1.165) is 33.7 Å². The molecule has 136 valence electrons. The molecule has 1 amide bonds. The van der Waals surface area contributed by atoms with E-state index in [9.17, 15) is 4.79 Å². The van der Waals surface area contributed by atoms with Crippen LogP contribution in [0.5, 0.6) is 0 Å². The van der Waals surface area contributed by atoms with E-state index in [1.54, 1.807) is 12.4 Å². The number of fused-ring (bicyclic) bond motifs is 2. The molecular formula is C16H22N4O5. The van der Waals surface area contributed by atoms with Gasteiger partial charge in [-0.15, -0.1) is 0 Å². The molecule has 0 saturated carbocycles. The quantitative estimate of drug-likeness (QED) is 0.600. The van der Waals surface area contributed by atoms with Gasteiger partial charge in [0.15, 0.2) is 0 Å². The molecule has 2 aromatic heterocycles. The minimum Gasteiger partial charge on any atom is -0.412 e. The highest BCUT2D eigenvalue weighted by molar-refractivity contribution is 6.07. The van der Waals surface area contributed by atoms with Gasteiger partial charge in [0.2, 0.25) is 5.91 Å². The Morgan fingerprint density at radius 3 is 2.28 bits per heavy atom. The standard InChI is InChI=1S/C16H14N4O.4H2O/c1-16(2)10-7-12-13(8-11(10)20-15(16)21)19-14(18-12)9-3-5-17-6-4-9;;;;/h3-8H,1-2H3,(H,18,19)(H,20,21);4*1H2. The summed E-state index contributed by atoms with van der Waals surface area (Å²) in [4.78, 5) is 23.9. The molecule has 9 nitrogen and oxygen atoms in total. The Labute approximate surface area is 143 Å². The summed E-state index contributed by atoms with van der Waals surface area (Å²) < 4.78 is 0. The average Bonchev–Trinajstić information content (AvgIpc) is 2.98. The Morgan fingerprint density at radius 1 is 1.00 bits per heavy atom. The van der Waals surface area contributed by atoms with E-state index in [1.165, 1.54) is 0 Å². The zero-order chi connectivity index (χ0) is 14.6. The molecule has 3 heterocycles. The molecule has 0 fully saturated rings. The van der Waals surface area contributed by atoms with E-state index in [4.69, 9.17) is 0 Å². The van der Waals surface area contributed by atoms with Crippen LogP contribution in [0, 0.1) is 0 Å². The van der Waals surface area contributed by atoms with Crippen LogP contribution in [0.4, 0.5) is 5.69 Å². The molecule has 1 aliphatic heterocycles. The smallest absolute Gasteiger partial charge is 0.234 e. The molecule has 1 aliphatic rings. The van der Waals surface area contributed by atoms with Crippen LogP contribution in [0.1, 0.15) is 19.4 Å². The summed E-state index contributed by atoms with van der Waals surface area (Å²) in [6, 6.07) is 7.77. The maximum Gasteiger partial charge on any atom is 0.234 e. The van der Waals surface area contributed by atoms with Crippen LogP contribution in [0.15, 0.2) is 36.7 Å². The van der Waals surface area contributed by atoms with Crippen molar-refractivity contribution < 1.29 is 26.7 Å². The number of hydrogen-bond acceptors (Lipinski definition) is 3. The third-order valence-corrected chi connectivity index (χ3v) is 4.06. The summed E-state index contributed by atoms with van der Waals surface area (Å²) >= 11 is 0. The molecule has 0 saturated heterocycles. The number of aromatic nitrogens is 3. The van der Waals surface area contributed by atoms with Gasteiger partial charge in [-0.3, -0.25) is 9.78 Å². The highest BCUT2D eigenvalue weighted by Crippen LogP contribution is 2.39. The number of amides is 1. The second-order valence-electron chi connectivity index (χ2n) is 5.82. The largest absolute Gasteiger partial charge is 0.412 e. The normalized spacial score (nSPS) is 13.4. The summed E-state index contributed by atoms with van der Waals surface area (Å²) in [6.45, 7) is 3.85. The Kier molecular flexibility index (Phi) is 6.52. The molecule has 0 unspecified atom stereocenters. The summed E-state index contributed by atoms with van der Waals surface area (Å²) in [5.41, 5.74) is 4.11. The van der Waals surface area contributed by atoms with E-state index < -0.39 is 5.41 Å². The number of aromatic amines is 1. The predicted molar refractivity (Wildman–Crippen MR) is 95.4 cm³/mol. The van der Waals surface area contributed by atoms with E-state index in [-0.39, 0.29) is 27.8 Å². The average molecular weight is 350 g/mol. The minimum absolute atomic E-state index is 0. The fourth-order valence-corrected chi connectivity index (χ4v) is 2.72. The number of nitrogens with zero attached hydrogens (tertiary/aromatic N) is 2. The van der Waals surface area contributed by atoms with Crippen molar-refractivity contribution in [3.05, 3.63) is 42.2 Å². The van der Waals surface area contributed by atoms with Gasteiger partial charge in [0.05, 0.1) is 16.4 Å². The lowest BCUT2D eigenvalue weighted by Crippen LogP contribution is -2.26. The Balaban J connectivity index is 0.00000144. The molecule has 0 spiro atoms. The number of hydrogen-bond donors (Lipinski definition) is 2. The maximum absolute atomic E-state index is 12.0. The fraction of sp³-hybridized carbons (Fsp3) is 0.188. The Hall–Kier alpha value is -2.85. The number of nitrogens with one attached hydrogen (secondary N) is 2. The van der Waals surface area contributed by atoms with Crippen molar-refractivity contribution in [3.63, 3.8) is 0 Å². The number of carbonyl (C=O) groups excluding carboxylic acids is 1. The first kappa shape index (κ1) is 22.1. The number of H-pyrrole nitrogens is 1. The lowest BCUT2D eigenvalue weighted by atomic mass is 9.86. The van der Waals surface area contributed by atoms with Crippen molar-refractivity contribution >= 4 is 22.6 Å². The number of benzene rings is 1. The van der Waals surface area contributed by atoms with E-state index >= 15 is 0 Å². The predicted octanol–water partition coefficient (Wildman–Crippen LogP) is -0.444. The molecule has 0 bridgehead atoms. The van der Waals surface area contributed by atoms with E-state index in [2.05, 4.69) is 20.3 Å². The summed E-state index contributed by atoms with van der Waals surface area (Å²) in [5.74, 6) is 0.833. The molecule has 0 aliphatic carbocycles. The van der Waals surface area contributed by atoms with Gasteiger partial charge in [0.1, 0.15) is 5.82 Å². The van der Waals surface area contributed by atoms with Crippen molar-refractivity contribution in [2.24, 2.45) is 0 Å². The van der Waals surface area contributed by atoms with Gasteiger partial charge in [-0.25, -0.2) is 4.98 Å². The molecule has 9 heteroatoms. The lowest BCUT2D eigenvalue weighted by molar-refractivity contribution is -0.119. The first-order valence-corrected chi connectivity index (χ1v) is 6.82. The van der Waals surface area contributed by atoms with E-state index in [0.29, 0.717) is 0 Å². The van der Waals surface area contributed by atoms with Crippen molar-refractivity contribution in [2.45, 2.75) is 19.3 Å². The molecule has 0 radical (unpaired) electrons. The monoisotopic (exact) mass is 350 g/mol. The highest BCUT2D eigenvalue weighted by atomic mass is 16.2. The summed E-state index contributed by atoms with van der Waals surface area (Å²) in [5, 5.41) is 2.93. The molecule has 0 atom stereocenters. The summed E-state index contributed by atoms with van der Waals surface area (Å²) in [7, 11) is 0. The van der Waals surface area contributed by atoms with Crippen LogP contribution in [0.25, 0.3) is 22.4 Å². The van der Waals surface area contributed by atoms with Gasteiger partial charge in [0.25, 0.3) is 0 Å². The number of anilines is 1. The van der Waals surface area contributed by atoms with Crippen LogP contribution in [0.2, 0.25) is 0 Å². The van der Waals surface area contributed by atoms with Crippen molar-refractivity contribution in [1.82, 2.24) is 15.0 Å². The zero-order valence-electron chi connectivity index (χ0n) is 13.8. The first-order valence-electron chi connectivity index (χ1n) is 6.82. The van der Waals surface area contributed by atoms with Gasteiger partial charge in [-0.2, -0.15) is 0 Å². The second-order valence-corrected chi connectivity index (χ2v) is 5.82. The van der Waals surface area contributed by atoms with Crippen molar-refractivity contribution in [1.29, 1.82) is 0 Å². The zero-order valence-corrected chi connectivity index (χ0v) is 13.8. The number of imidazole rings is 1. The van der Waals surface area contributed by atoms with Crippen molar-refractivity contribution in [3.8, 4) is 11.4 Å². The maximum atomic E-state index is 12.0. The van der Waals surface area contributed by atoms with Crippen LogP contribution in [-0.4, -0.2) is 42.8 Å². The van der Waals surface area contributed by atoms with Crippen LogP contribution in [0.3, 0.4) is 0 Å². The lowest BCUT2D eigenvalue weighted by Gasteiger charge is -2.14. The van der Waals surface area contributed by atoms with Crippen LogP contribution >= 0.6 is 0 Å². The SMILES string of the molecule is CC1(C)C(=O)Nc2cc3[nH]c(-c4ccncc4)nc3cc21.O.O.O.O.